The Bertz CT molecular complexity index is 1520. The fourth-order valence-electron chi connectivity index (χ4n) is 5.17. The van der Waals surface area contributed by atoms with Gasteiger partial charge in [-0.05, 0) is 42.7 Å². The number of carboxylic acids is 1. The van der Waals surface area contributed by atoms with Crippen molar-refractivity contribution in [1.29, 1.82) is 0 Å². The number of cyclic esters (lactones) is 1. The Morgan fingerprint density at radius 2 is 1.94 bits per heavy atom. The number of ether oxygens (including phenoxy) is 2. The van der Waals surface area contributed by atoms with Gasteiger partial charge in [0.05, 0.1) is 41.9 Å². The Balaban J connectivity index is 1.70. The number of nitrogens with zero attached hydrogens (tertiary/aromatic N) is 2. The van der Waals surface area contributed by atoms with Gasteiger partial charge in [0.15, 0.2) is 0 Å². The molecule has 1 atom stereocenters. The number of carbonyl (C=O) groups excluding carboxylic acids is 2. The molecule has 0 aliphatic carbocycles. The van der Waals surface area contributed by atoms with Crippen LogP contribution in [0, 0.1) is 0 Å². The number of aromatic nitrogens is 2. The maximum atomic E-state index is 13.6. The first kappa shape index (κ1) is 23.5. The van der Waals surface area contributed by atoms with E-state index < -0.39 is 36.4 Å². The van der Waals surface area contributed by atoms with Crippen molar-refractivity contribution in [2.75, 3.05) is 0 Å². The Morgan fingerprint density at radius 3 is 2.64 bits per heavy atom. The van der Waals surface area contributed by atoms with Crippen LogP contribution in [-0.4, -0.2) is 37.7 Å². The van der Waals surface area contributed by atoms with E-state index in [2.05, 4.69) is 0 Å². The molecule has 0 amide bonds. The van der Waals surface area contributed by atoms with Crippen molar-refractivity contribution < 1.29 is 34.1 Å². The van der Waals surface area contributed by atoms with Crippen molar-refractivity contribution in [3.63, 3.8) is 0 Å². The van der Waals surface area contributed by atoms with E-state index in [0.29, 0.717) is 23.3 Å². The molecule has 10 heteroatoms. The number of esters is 2. The molecular formula is C26H24N2O8. The van der Waals surface area contributed by atoms with Gasteiger partial charge >= 0.3 is 17.9 Å². The number of pyridine rings is 2. The average molecular weight is 492 g/mol. The van der Waals surface area contributed by atoms with Gasteiger partial charge in [0.1, 0.15) is 12.4 Å². The lowest BCUT2D eigenvalue weighted by Gasteiger charge is -2.35. The molecule has 5 rings (SSSR count). The van der Waals surface area contributed by atoms with Crippen molar-refractivity contribution in [3.05, 3.63) is 56.9 Å². The molecule has 186 valence electrons. The molecule has 0 fully saturated rings. The average Bonchev–Trinajstić information content (AvgIpc) is 3.22. The lowest BCUT2D eigenvalue weighted by Crippen LogP contribution is -2.47. The number of fused-ring (bicyclic) bond motifs is 5. The second-order valence-electron chi connectivity index (χ2n) is 8.91. The number of phenols is 1. The number of carbonyl (C=O) groups is 3. The molecule has 0 saturated heterocycles. The zero-order chi connectivity index (χ0) is 25.8. The van der Waals surface area contributed by atoms with Crippen LogP contribution in [-0.2, 0) is 49.0 Å². The van der Waals surface area contributed by atoms with Gasteiger partial charge < -0.3 is 24.3 Å². The molecule has 0 saturated carbocycles. The number of aromatic hydroxyl groups is 1. The third-order valence-electron chi connectivity index (χ3n) is 6.94. The molecule has 0 unspecified atom stereocenters. The van der Waals surface area contributed by atoms with Crippen LogP contribution in [0.5, 0.6) is 5.75 Å². The Hall–Kier alpha value is -4.21. The van der Waals surface area contributed by atoms with Crippen LogP contribution in [0.2, 0.25) is 0 Å². The minimum atomic E-state index is -1.86. The SMILES string of the molecule is CCc1c2c(nc3ccc(O)cc13)-c1cc3c(c(=O)n1C2)COC(=O)[C@@]3(CC)OC(=O)CCC(=O)O. The van der Waals surface area contributed by atoms with Crippen LogP contribution in [0.4, 0.5) is 0 Å². The molecule has 0 radical (unpaired) electrons. The number of hydrogen-bond acceptors (Lipinski definition) is 8. The first-order chi connectivity index (χ1) is 17.2. The quantitative estimate of drug-likeness (QED) is 0.388. The summed E-state index contributed by atoms with van der Waals surface area (Å²) in [5.41, 5.74) is 1.75. The highest BCUT2D eigenvalue weighted by atomic mass is 16.6. The molecule has 0 bridgehead atoms. The van der Waals surface area contributed by atoms with Gasteiger partial charge in [-0.15, -0.1) is 0 Å². The number of carboxylic acid groups (broad SMARTS) is 1. The molecule has 2 N–H and O–H groups in total. The number of benzene rings is 1. The summed E-state index contributed by atoms with van der Waals surface area (Å²) in [5, 5.41) is 19.7. The minimum absolute atomic E-state index is 0.00195. The Kier molecular flexibility index (Phi) is 5.54. The van der Waals surface area contributed by atoms with E-state index in [1.54, 1.807) is 35.8 Å². The Labute approximate surface area is 205 Å². The fraction of sp³-hybridized carbons (Fsp3) is 0.346. The second kappa shape index (κ2) is 8.47. The highest BCUT2D eigenvalue weighted by molar-refractivity contribution is 5.90. The summed E-state index contributed by atoms with van der Waals surface area (Å²) in [6.45, 7) is 3.63. The first-order valence-electron chi connectivity index (χ1n) is 11.7. The van der Waals surface area contributed by atoms with Crippen LogP contribution >= 0.6 is 0 Å². The summed E-state index contributed by atoms with van der Waals surface area (Å²) in [5.74, 6) is -2.73. The second-order valence-corrected chi connectivity index (χ2v) is 8.91. The summed E-state index contributed by atoms with van der Waals surface area (Å²) in [7, 11) is 0. The van der Waals surface area contributed by atoms with E-state index in [-0.39, 0.29) is 42.0 Å². The summed E-state index contributed by atoms with van der Waals surface area (Å²) in [4.78, 5) is 54.8. The normalized spacial score (nSPS) is 17.8. The van der Waals surface area contributed by atoms with Gasteiger partial charge in [-0.2, -0.15) is 0 Å². The lowest BCUT2D eigenvalue weighted by molar-refractivity contribution is -0.189. The van der Waals surface area contributed by atoms with Crippen molar-refractivity contribution in [2.45, 2.75) is 58.3 Å². The van der Waals surface area contributed by atoms with Gasteiger partial charge in [-0.3, -0.25) is 14.4 Å². The fourth-order valence-corrected chi connectivity index (χ4v) is 5.17. The maximum absolute atomic E-state index is 13.6. The van der Waals surface area contributed by atoms with Crippen LogP contribution < -0.4 is 5.56 Å². The monoisotopic (exact) mass is 492 g/mol. The van der Waals surface area contributed by atoms with Crippen LogP contribution in [0.15, 0.2) is 29.1 Å². The van der Waals surface area contributed by atoms with E-state index in [4.69, 9.17) is 19.6 Å². The van der Waals surface area contributed by atoms with Crippen LogP contribution in [0.25, 0.3) is 22.3 Å². The third-order valence-corrected chi connectivity index (χ3v) is 6.94. The maximum Gasteiger partial charge on any atom is 0.355 e. The number of hydrogen-bond donors (Lipinski definition) is 2. The van der Waals surface area contributed by atoms with Crippen molar-refractivity contribution >= 4 is 28.8 Å². The summed E-state index contributed by atoms with van der Waals surface area (Å²) in [6, 6.07) is 6.57. The molecule has 36 heavy (non-hydrogen) atoms. The molecule has 2 aliphatic heterocycles. The first-order valence-corrected chi connectivity index (χ1v) is 11.7. The lowest BCUT2D eigenvalue weighted by atomic mass is 9.85. The van der Waals surface area contributed by atoms with Crippen molar-refractivity contribution in [2.24, 2.45) is 0 Å². The van der Waals surface area contributed by atoms with Crippen molar-refractivity contribution in [3.8, 4) is 17.1 Å². The zero-order valence-corrected chi connectivity index (χ0v) is 19.8. The van der Waals surface area contributed by atoms with Crippen molar-refractivity contribution in [1.82, 2.24) is 9.55 Å². The van der Waals surface area contributed by atoms with Crippen LogP contribution in [0.3, 0.4) is 0 Å². The smallest absolute Gasteiger partial charge is 0.355 e. The zero-order valence-electron chi connectivity index (χ0n) is 19.8. The van der Waals surface area contributed by atoms with E-state index in [0.717, 1.165) is 16.5 Å². The molecule has 0 spiro atoms. The summed E-state index contributed by atoms with van der Waals surface area (Å²) >= 11 is 0. The highest BCUT2D eigenvalue weighted by Gasteiger charge is 2.50. The largest absolute Gasteiger partial charge is 0.508 e. The number of rotatable bonds is 6. The molecule has 4 heterocycles. The van der Waals surface area contributed by atoms with Gasteiger partial charge in [-0.25, -0.2) is 9.78 Å². The molecule has 10 nitrogen and oxygen atoms in total. The number of aryl methyl sites for hydroxylation is 1. The topological polar surface area (TPSA) is 145 Å². The van der Waals surface area contributed by atoms with E-state index in [1.165, 1.54) is 0 Å². The molecular weight excluding hydrogens is 468 g/mol. The van der Waals surface area contributed by atoms with Gasteiger partial charge in [0, 0.05) is 16.5 Å². The van der Waals surface area contributed by atoms with Gasteiger partial charge in [0.2, 0.25) is 5.60 Å². The third kappa shape index (κ3) is 3.43. The number of phenolic OH excluding ortho intramolecular Hbond substituents is 1. The minimum Gasteiger partial charge on any atom is -0.508 e. The van der Waals surface area contributed by atoms with E-state index in [9.17, 15) is 24.3 Å². The molecule has 1 aromatic carbocycles. The van der Waals surface area contributed by atoms with E-state index >= 15 is 0 Å². The van der Waals surface area contributed by atoms with Gasteiger partial charge in [0.25, 0.3) is 5.56 Å². The summed E-state index contributed by atoms with van der Waals surface area (Å²) in [6.07, 6.45) is -0.229. The molecule has 2 aliphatic rings. The van der Waals surface area contributed by atoms with E-state index in [1.807, 2.05) is 6.92 Å². The molecule has 2 aromatic heterocycles. The highest BCUT2D eigenvalue weighted by Crippen LogP contribution is 2.42. The predicted molar refractivity (Wildman–Crippen MR) is 126 cm³/mol. The predicted octanol–water partition coefficient (Wildman–Crippen LogP) is 2.76. The number of aliphatic carboxylic acids is 1. The standard InChI is InChI=1S/C26H24N2O8/c1-3-14-15-9-13(29)5-6-19(15)27-23-16(14)11-28-20(23)10-18-17(24(28)33)12-35-25(34)26(18,4-2)36-22(32)8-7-21(30)31/h5-6,9-10,29H,3-4,7-8,11-12H2,1-2H3,(H,30,31)/t26-/m0/s1. The van der Waals surface area contributed by atoms with Gasteiger partial charge in [-0.1, -0.05) is 13.8 Å². The van der Waals surface area contributed by atoms with Crippen LogP contribution in [0.1, 0.15) is 55.4 Å². The Morgan fingerprint density at radius 1 is 1.17 bits per heavy atom. The molecule has 3 aromatic rings. The summed E-state index contributed by atoms with van der Waals surface area (Å²) < 4.78 is 12.4.